The molecule has 0 amide bonds. The van der Waals surface area contributed by atoms with E-state index >= 15 is 0 Å². The molecular formula is C22H24BrN3O4S. The molecule has 0 aliphatic heterocycles. The largest absolute Gasteiger partial charge is 0.434 e. The number of nitrogens with one attached hydrogen (secondary N) is 2. The molecule has 0 radical (unpaired) electrons. The van der Waals surface area contributed by atoms with Gasteiger partial charge in [-0.2, -0.15) is 4.72 Å². The van der Waals surface area contributed by atoms with Gasteiger partial charge in [-0.15, -0.1) is 5.10 Å². The fraction of sp³-hybridized carbons (Fsp3) is 0.364. The van der Waals surface area contributed by atoms with Gasteiger partial charge in [0, 0.05) is 10.4 Å². The second-order valence-electron chi connectivity index (χ2n) is 7.78. The number of aryl methyl sites for hydroxylation is 2. The van der Waals surface area contributed by atoms with Crippen LogP contribution in [0.4, 0.5) is 0 Å². The highest BCUT2D eigenvalue weighted by atomic mass is 79.9. The maximum atomic E-state index is 13.4. The van der Waals surface area contributed by atoms with E-state index < -0.39 is 21.8 Å². The van der Waals surface area contributed by atoms with Crippen molar-refractivity contribution in [3.8, 4) is 0 Å². The maximum absolute atomic E-state index is 13.4. The Hall–Kier alpha value is -2.23. The summed E-state index contributed by atoms with van der Waals surface area (Å²) in [7, 11) is -3.91. The van der Waals surface area contributed by atoms with Crippen molar-refractivity contribution in [2.45, 2.75) is 56.4 Å². The zero-order chi connectivity index (χ0) is 22.2. The zero-order valence-corrected chi connectivity index (χ0v) is 19.7. The Morgan fingerprint density at radius 3 is 2.77 bits per heavy atom. The molecule has 1 heterocycles. The molecule has 2 atom stereocenters. The third-order valence-electron chi connectivity index (χ3n) is 5.87. The van der Waals surface area contributed by atoms with Gasteiger partial charge in [-0.25, -0.2) is 18.3 Å². The molecule has 2 unspecified atom stereocenters. The summed E-state index contributed by atoms with van der Waals surface area (Å²) >= 11 is 3.40. The molecular weight excluding hydrogens is 482 g/mol. The van der Waals surface area contributed by atoms with Crippen LogP contribution >= 0.6 is 15.9 Å². The quantitative estimate of drug-likeness (QED) is 0.504. The van der Waals surface area contributed by atoms with Crippen molar-refractivity contribution in [1.29, 1.82) is 0 Å². The lowest BCUT2D eigenvalue weighted by Crippen LogP contribution is -2.33. The molecule has 1 aliphatic carbocycles. The van der Waals surface area contributed by atoms with Crippen LogP contribution < -0.4 is 10.5 Å². The number of hydrogen-bond acceptors (Lipinski definition) is 5. The summed E-state index contributed by atoms with van der Waals surface area (Å²) < 4.78 is 35.6. The summed E-state index contributed by atoms with van der Waals surface area (Å²) in [6.07, 6.45) is 3.60. The van der Waals surface area contributed by atoms with Crippen LogP contribution in [0.15, 0.2) is 55.0 Å². The van der Waals surface area contributed by atoms with Crippen LogP contribution in [0.5, 0.6) is 0 Å². The molecule has 0 saturated carbocycles. The molecule has 0 spiro atoms. The average Bonchev–Trinajstić information content (AvgIpc) is 3.39. The first-order chi connectivity index (χ1) is 14.8. The van der Waals surface area contributed by atoms with Crippen molar-refractivity contribution in [2.24, 2.45) is 0 Å². The maximum Gasteiger partial charge on any atom is 0.434 e. The summed E-state index contributed by atoms with van der Waals surface area (Å²) in [5.74, 6) is -0.996. The predicted molar refractivity (Wildman–Crippen MR) is 121 cm³/mol. The minimum absolute atomic E-state index is 0.0202. The zero-order valence-electron chi connectivity index (χ0n) is 17.3. The van der Waals surface area contributed by atoms with E-state index in [2.05, 4.69) is 36.9 Å². The van der Waals surface area contributed by atoms with Gasteiger partial charge >= 0.3 is 5.76 Å². The van der Waals surface area contributed by atoms with Gasteiger partial charge < -0.3 is 4.42 Å². The SMILES string of the molecule is CCc1cc(Br)ccc1S(=O)(=O)NC(c1n[nH]c(=O)o1)C(C)c1cccc2c1CCC2. The Morgan fingerprint density at radius 1 is 1.26 bits per heavy atom. The number of benzene rings is 2. The highest BCUT2D eigenvalue weighted by molar-refractivity contribution is 9.10. The van der Waals surface area contributed by atoms with E-state index in [1.54, 1.807) is 18.2 Å². The fourth-order valence-corrected chi connectivity index (χ4v) is 6.28. The molecule has 9 heteroatoms. The molecule has 0 saturated heterocycles. The van der Waals surface area contributed by atoms with E-state index in [9.17, 15) is 13.2 Å². The normalized spacial score (nSPS) is 15.6. The Labute approximate surface area is 189 Å². The second kappa shape index (κ2) is 8.72. The van der Waals surface area contributed by atoms with Crippen molar-refractivity contribution in [2.75, 3.05) is 0 Å². The first-order valence-electron chi connectivity index (χ1n) is 10.3. The van der Waals surface area contributed by atoms with Crippen LogP contribution in [0.1, 0.15) is 60.4 Å². The third kappa shape index (κ3) is 4.40. The van der Waals surface area contributed by atoms with Gasteiger partial charge in [0.25, 0.3) is 0 Å². The minimum Gasteiger partial charge on any atom is -0.391 e. The molecule has 2 aromatic carbocycles. The van der Waals surface area contributed by atoms with E-state index in [1.165, 1.54) is 11.1 Å². The Balaban J connectivity index is 1.77. The molecule has 1 aliphatic rings. The lowest BCUT2D eigenvalue weighted by Gasteiger charge is -2.25. The molecule has 0 fully saturated rings. The topological polar surface area (TPSA) is 105 Å². The summed E-state index contributed by atoms with van der Waals surface area (Å²) in [6.45, 7) is 3.83. The van der Waals surface area contributed by atoms with Crippen LogP contribution in [0.2, 0.25) is 0 Å². The molecule has 3 aromatic rings. The average molecular weight is 506 g/mol. The molecule has 2 N–H and O–H groups in total. The number of rotatable bonds is 7. The number of nitrogens with zero attached hydrogens (tertiary/aromatic N) is 1. The third-order valence-corrected chi connectivity index (χ3v) is 7.90. The van der Waals surface area contributed by atoms with Crippen molar-refractivity contribution in [1.82, 2.24) is 14.9 Å². The van der Waals surface area contributed by atoms with Gasteiger partial charge in [0.2, 0.25) is 15.9 Å². The van der Waals surface area contributed by atoms with Crippen LogP contribution in [-0.4, -0.2) is 18.6 Å². The second-order valence-corrected chi connectivity index (χ2v) is 10.4. The van der Waals surface area contributed by atoms with Crippen molar-refractivity contribution in [3.05, 3.63) is 79.6 Å². The van der Waals surface area contributed by atoms with Gasteiger partial charge in [0.1, 0.15) is 6.04 Å². The van der Waals surface area contributed by atoms with E-state index in [0.717, 1.165) is 29.3 Å². The number of aromatic amines is 1. The number of H-pyrrole nitrogens is 1. The molecule has 0 bridgehead atoms. The Morgan fingerprint density at radius 2 is 2.06 bits per heavy atom. The smallest absolute Gasteiger partial charge is 0.391 e. The number of aromatic nitrogens is 2. The van der Waals surface area contributed by atoms with E-state index in [1.807, 2.05) is 26.0 Å². The summed E-state index contributed by atoms with van der Waals surface area (Å²) in [5, 5.41) is 6.20. The van der Waals surface area contributed by atoms with E-state index in [0.29, 0.717) is 12.0 Å². The van der Waals surface area contributed by atoms with Crippen LogP contribution in [0.25, 0.3) is 0 Å². The number of fused-ring (bicyclic) bond motifs is 1. The fourth-order valence-electron chi connectivity index (χ4n) is 4.31. The number of halogens is 1. The standard InChI is InChI=1S/C22H24BrN3O4S/c1-3-14-12-16(23)10-11-19(14)31(28,29)26-20(21-24-25-22(27)30-21)13(2)17-8-4-6-15-7-5-9-18(15)17/h4,6,8,10-13,20,26H,3,5,7,9H2,1-2H3,(H,25,27). The van der Waals surface area contributed by atoms with Crippen molar-refractivity contribution >= 4 is 26.0 Å². The Bertz CT molecular complexity index is 1270. The minimum atomic E-state index is -3.91. The molecule has 31 heavy (non-hydrogen) atoms. The van der Waals surface area contributed by atoms with Gasteiger partial charge in [-0.1, -0.05) is 48.0 Å². The molecule has 164 valence electrons. The monoisotopic (exact) mass is 505 g/mol. The van der Waals surface area contributed by atoms with Crippen molar-refractivity contribution < 1.29 is 12.8 Å². The lowest BCUT2D eigenvalue weighted by molar-refractivity contribution is 0.381. The lowest BCUT2D eigenvalue weighted by atomic mass is 9.88. The van der Waals surface area contributed by atoms with Gasteiger partial charge in [0.15, 0.2) is 0 Å². The van der Waals surface area contributed by atoms with E-state index in [-0.39, 0.29) is 16.7 Å². The summed E-state index contributed by atoms with van der Waals surface area (Å²) in [5.41, 5.74) is 4.27. The van der Waals surface area contributed by atoms with Crippen molar-refractivity contribution in [3.63, 3.8) is 0 Å². The number of sulfonamides is 1. The van der Waals surface area contributed by atoms with Crippen LogP contribution in [0, 0.1) is 0 Å². The molecule has 4 rings (SSSR count). The van der Waals surface area contributed by atoms with Crippen LogP contribution in [-0.2, 0) is 29.3 Å². The molecule has 7 nitrogen and oxygen atoms in total. The highest BCUT2D eigenvalue weighted by Gasteiger charge is 2.33. The van der Waals surface area contributed by atoms with Gasteiger partial charge in [0.05, 0.1) is 4.90 Å². The van der Waals surface area contributed by atoms with E-state index in [4.69, 9.17) is 4.42 Å². The van der Waals surface area contributed by atoms with Gasteiger partial charge in [-0.3, -0.25) is 0 Å². The first kappa shape index (κ1) is 22.0. The van der Waals surface area contributed by atoms with Gasteiger partial charge in [-0.05, 0) is 66.1 Å². The predicted octanol–water partition coefficient (Wildman–Crippen LogP) is 4.00. The van der Waals surface area contributed by atoms with Crippen LogP contribution in [0.3, 0.4) is 0 Å². The molecule has 1 aromatic heterocycles. The Kier molecular flexibility index (Phi) is 6.18. The first-order valence-corrected chi connectivity index (χ1v) is 12.5. The summed E-state index contributed by atoms with van der Waals surface area (Å²) in [6, 6.07) is 10.3. The number of hydrogen-bond donors (Lipinski definition) is 2. The highest BCUT2D eigenvalue weighted by Crippen LogP contribution is 2.37. The summed E-state index contributed by atoms with van der Waals surface area (Å²) in [4.78, 5) is 11.8.